The van der Waals surface area contributed by atoms with Crippen molar-refractivity contribution in [2.24, 2.45) is 0 Å². The SMILES string of the molecule is C[Si](C)(C)c1ccc2c(c1CP(c1ccccc1)c1ccccc1)-c1c(ccc([Si](C)(C)C)c1CP(c1ccccc1)c1ccccc1)OCCCO2. The Morgan fingerprint density at radius 1 is 0.415 bits per heavy atom. The Labute approximate surface area is 322 Å². The summed E-state index contributed by atoms with van der Waals surface area (Å²) < 4.78 is 13.8. The summed E-state index contributed by atoms with van der Waals surface area (Å²) in [5, 5.41) is 8.65. The molecule has 7 rings (SSSR count). The van der Waals surface area contributed by atoms with Crippen molar-refractivity contribution in [1.82, 2.24) is 0 Å². The van der Waals surface area contributed by atoms with Crippen molar-refractivity contribution < 1.29 is 9.47 Å². The molecule has 1 aliphatic heterocycles. The van der Waals surface area contributed by atoms with Gasteiger partial charge in [0.2, 0.25) is 0 Å². The molecule has 0 aromatic heterocycles. The number of rotatable bonds is 10. The largest absolute Gasteiger partial charge is 0.493 e. The lowest BCUT2D eigenvalue weighted by atomic mass is 9.94. The molecule has 1 aliphatic rings. The summed E-state index contributed by atoms with van der Waals surface area (Å²) in [6.07, 6.45) is 2.73. The predicted molar refractivity (Wildman–Crippen MR) is 239 cm³/mol. The van der Waals surface area contributed by atoms with Gasteiger partial charge in [-0.2, -0.15) is 0 Å². The van der Waals surface area contributed by atoms with Gasteiger partial charge in [0.1, 0.15) is 11.5 Å². The maximum absolute atomic E-state index is 6.88. The predicted octanol–water partition coefficient (Wildman–Crippen LogP) is 9.87. The lowest BCUT2D eigenvalue weighted by Gasteiger charge is -2.32. The topological polar surface area (TPSA) is 18.5 Å². The molecule has 270 valence electrons. The third kappa shape index (κ3) is 8.48. The summed E-state index contributed by atoms with van der Waals surface area (Å²) in [6, 6.07) is 54.3. The minimum Gasteiger partial charge on any atom is -0.493 e. The fourth-order valence-corrected chi connectivity index (χ4v) is 16.1. The molecular weight excluding hydrogens is 715 g/mol. The van der Waals surface area contributed by atoms with Crippen LogP contribution in [0.2, 0.25) is 39.3 Å². The van der Waals surface area contributed by atoms with Gasteiger partial charge in [0, 0.05) is 29.9 Å². The second-order valence-corrected chi connectivity index (χ2v) is 30.5. The Bertz CT molecular complexity index is 1890. The van der Waals surface area contributed by atoms with Crippen LogP contribution in [0, 0.1) is 0 Å². The molecule has 6 aromatic rings. The van der Waals surface area contributed by atoms with Gasteiger partial charge in [0.05, 0.1) is 29.4 Å². The van der Waals surface area contributed by atoms with E-state index in [1.54, 1.807) is 0 Å². The van der Waals surface area contributed by atoms with Gasteiger partial charge in [0.25, 0.3) is 0 Å². The zero-order valence-corrected chi connectivity index (χ0v) is 35.9. The first kappa shape index (κ1) is 37.5. The Morgan fingerprint density at radius 2 is 0.717 bits per heavy atom. The van der Waals surface area contributed by atoms with E-state index in [9.17, 15) is 0 Å². The van der Waals surface area contributed by atoms with Gasteiger partial charge in [-0.1, -0.05) is 183 Å². The van der Waals surface area contributed by atoms with Crippen LogP contribution in [-0.2, 0) is 12.3 Å². The molecule has 0 unspecified atom stereocenters. The highest BCUT2D eigenvalue weighted by molar-refractivity contribution is 7.72. The van der Waals surface area contributed by atoms with E-state index in [0.717, 1.165) is 30.2 Å². The molecule has 0 aliphatic carbocycles. The molecule has 0 fully saturated rings. The Hall–Kier alpha value is -3.79. The smallest absolute Gasteiger partial charge is 0.127 e. The second kappa shape index (κ2) is 16.3. The van der Waals surface area contributed by atoms with Crippen molar-refractivity contribution in [3.8, 4) is 22.6 Å². The molecule has 0 radical (unpaired) electrons. The van der Waals surface area contributed by atoms with Crippen LogP contribution in [0.1, 0.15) is 17.5 Å². The molecule has 6 aromatic carbocycles. The highest BCUT2D eigenvalue weighted by atomic mass is 31.1. The average molecular weight is 767 g/mol. The van der Waals surface area contributed by atoms with Crippen LogP contribution in [0.25, 0.3) is 11.1 Å². The lowest BCUT2D eigenvalue weighted by Crippen LogP contribution is -2.42. The molecule has 1 heterocycles. The summed E-state index contributed by atoms with van der Waals surface area (Å²) >= 11 is 0. The van der Waals surface area contributed by atoms with Crippen LogP contribution in [0.3, 0.4) is 0 Å². The molecule has 0 atom stereocenters. The number of fused-ring (bicyclic) bond motifs is 3. The molecule has 0 amide bonds. The molecule has 0 saturated heterocycles. The van der Waals surface area contributed by atoms with Gasteiger partial charge in [-0.25, -0.2) is 0 Å². The first-order valence-electron chi connectivity index (χ1n) is 18.9. The number of benzene rings is 6. The maximum Gasteiger partial charge on any atom is 0.127 e. The van der Waals surface area contributed by atoms with Crippen molar-refractivity contribution in [2.45, 2.75) is 58.0 Å². The Balaban J connectivity index is 1.55. The number of hydrogen-bond acceptors (Lipinski definition) is 2. The highest BCUT2D eigenvalue weighted by Gasteiger charge is 2.34. The van der Waals surface area contributed by atoms with Gasteiger partial charge < -0.3 is 9.47 Å². The summed E-state index contributed by atoms with van der Waals surface area (Å²) in [5.74, 6) is 2.00. The summed E-state index contributed by atoms with van der Waals surface area (Å²) in [5.41, 5.74) is 5.44. The Kier molecular flexibility index (Phi) is 11.5. The average Bonchev–Trinajstić information content (AvgIpc) is 3.25. The van der Waals surface area contributed by atoms with Crippen LogP contribution < -0.4 is 41.1 Å². The van der Waals surface area contributed by atoms with Gasteiger partial charge in [-0.05, 0) is 60.3 Å². The van der Waals surface area contributed by atoms with E-state index in [2.05, 4.69) is 185 Å². The van der Waals surface area contributed by atoms with E-state index in [0.29, 0.717) is 13.2 Å². The molecule has 0 spiro atoms. The monoisotopic (exact) mass is 766 g/mol. The standard InChI is InChI=1S/C47H52O2P2Si2/c1-52(2,3)44-30-28-42-46(40(44)34-50(36-20-11-7-12-21-36)37-22-13-8-14-23-37)47-41(45(53(4,5)6)31-29-43(47)49-33-19-32-48-42)35-51(38-24-15-9-16-25-38)39-26-17-10-18-27-39/h7-18,20-31H,19,32-35H2,1-6H3. The minimum absolute atomic E-state index is 0.635. The minimum atomic E-state index is -1.85. The maximum atomic E-state index is 6.88. The van der Waals surface area contributed by atoms with E-state index in [1.165, 1.54) is 53.8 Å². The molecule has 53 heavy (non-hydrogen) atoms. The first-order valence-corrected chi connectivity index (χ1v) is 29.0. The van der Waals surface area contributed by atoms with Gasteiger partial charge >= 0.3 is 0 Å². The summed E-state index contributed by atoms with van der Waals surface area (Å²) in [7, 11) is -5.11. The lowest BCUT2D eigenvalue weighted by molar-refractivity contribution is 0.252. The van der Waals surface area contributed by atoms with Crippen molar-refractivity contribution in [2.75, 3.05) is 13.2 Å². The Morgan fingerprint density at radius 3 is 1.00 bits per heavy atom. The first-order chi connectivity index (χ1) is 25.6. The van der Waals surface area contributed by atoms with E-state index in [4.69, 9.17) is 9.47 Å². The fourth-order valence-electron chi connectivity index (χ4n) is 7.61. The van der Waals surface area contributed by atoms with Crippen LogP contribution in [0.15, 0.2) is 146 Å². The zero-order chi connectivity index (χ0) is 37.0. The third-order valence-corrected chi connectivity index (χ3v) is 19.2. The number of ether oxygens (including phenoxy) is 2. The van der Waals surface area contributed by atoms with E-state index in [1.807, 2.05) is 0 Å². The van der Waals surface area contributed by atoms with Crippen LogP contribution in [0.4, 0.5) is 0 Å². The van der Waals surface area contributed by atoms with E-state index < -0.39 is 32.0 Å². The molecule has 0 N–H and O–H groups in total. The quantitative estimate of drug-likeness (QED) is 0.102. The summed E-state index contributed by atoms with van der Waals surface area (Å²) in [4.78, 5) is 0. The summed E-state index contributed by atoms with van der Waals surface area (Å²) in [6.45, 7) is 16.3. The molecule has 2 nitrogen and oxygen atoms in total. The van der Waals surface area contributed by atoms with Gasteiger partial charge in [0.15, 0.2) is 0 Å². The van der Waals surface area contributed by atoms with Crippen molar-refractivity contribution in [3.05, 3.63) is 157 Å². The van der Waals surface area contributed by atoms with Gasteiger partial charge in [-0.15, -0.1) is 0 Å². The highest BCUT2D eigenvalue weighted by Crippen LogP contribution is 2.50. The van der Waals surface area contributed by atoms with Crippen molar-refractivity contribution in [1.29, 1.82) is 0 Å². The zero-order valence-electron chi connectivity index (χ0n) is 32.1. The number of hydrogen-bond donors (Lipinski definition) is 0. The van der Waals surface area contributed by atoms with Crippen molar-refractivity contribution >= 4 is 63.6 Å². The van der Waals surface area contributed by atoms with Crippen LogP contribution in [0.5, 0.6) is 11.5 Å². The molecular formula is C47H52O2P2Si2. The van der Waals surface area contributed by atoms with Crippen LogP contribution in [-0.4, -0.2) is 29.4 Å². The third-order valence-electron chi connectivity index (χ3n) is 10.1. The van der Waals surface area contributed by atoms with Crippen LogP contribution >= 0.6 is 15.8 Å². The molecule has 0 saturated carbocycles. The molecule has 6 heteroatoms. The van der Waals surface area contributed by atoms with Gasteiger partial charge in [-0.3, -0.25) is 0 Å². The molecule has 0 bridgehead atoms. The second-order valence-electron chi connectivity index (χ2n) is 16.0. The van der Waals surface area contributed by atoms with E-state index in [-0.39, 0.29) is 0 Å². The van der Waals surface area contributed by atoms with E-state index >= 15 is 0 Å². The van der Waals surface area contributed by atoms with Crippen molar-refractivity contribution in [3.63, 3.8) is 0 Å². The fraction of sp³-hybridized carbons (Fsp3) is 0.234. The normalized spacial score (nSPS) is 13.3.